The number of amides is 2. The Morgan fingerprint density at radius 1 is 1.30 bits per heavy atom. The number of hydrogen-bond donors (Lipinski definition) is 2. The van der Waals surface area contributed by atoms with Crippen LogP contribution in [-0.2, 0) is 4.79 Å². The summed E-state index contributed by atoms with van der Waals surface area (Å²) in [6.45, 7) is 3.17. The van der Waals surface area contributed by atoms with Crippen molar-refractivity contribution in [1.29, 1.82) is 0 Å². The summed E-state index contributed by atoms with van der Waals surface area (Å²) in [5.41, 5.74) is 0. The van der Waals surface area contributed by atoms with E-state index in [0.29, 0.717) is 13.1 Å². The summed E-state index contributed by atoms with van der Waals surface area (Å²) in [5, 5.41) is 18.0. The molecule has 0 aliphatic carbocycles. The molecule has 1 saturated heterocycles. The Bertz CT molecular complexity index is 335. The molecule has 0 spiro atoms. The van der Waals surface area contributed by atoms with Crippen LogP contribution in [0, 0.1) is 5.92 Å². The van der Waals surface area contributed by atoms with Crippen LogP contribution in [0.3, 0.4) is 0 Å². The van der Waals surface area contributed by atoms with E-state index in [9.17, 15) is 14.7 Å². The number of rotatable bonds is 6. The molecule has 0 aromatic carbocycles. The molecule has 0 aromatic rings. The molecule has 2 atom stereocenters. The zero-order valence-electron chi connectivity index (χ0n) is 12.4. The number of aliphatic carboxylic acids is 1. The second-order valence-electron chi connectivity index (χ2n) is 5.58. The standard InChI is InChI=1S/C14H26N2O4/c1-11-7-6-9-16(12(11)13(18)19)14(20)15(2)8-4-3-5-10-17/h11-12,17H,3-10H2,1-2H3,(H,18,19). The molecule has 0 aromatic heterocycles. The van der Waals surface area contributed by atoms with Crippen molar-refractivity contribution in [2.75, 3.05) is 26.7 Å². The van der Waals surface area contributed by atoms with Crippen molar-refractivity contribution in [2.45, 2.75) is 45.1 Å². The minimum Gasteiger partial charge on any atom is -0.480 e. The highest BCUT2D eigenvalue weighted by Crippen LogP contribution is 2.24. The van der Waals surface area contributed by atoms with Crippen molar-refractivity contribution in [3.05, 3.63) is 0 Å². The van der Waals surface area contributed by atoms with Crippen LogP contribution in [0.15, 0.2) is 0 Å². The molecule has 1 rings (SSSR count). The highest BCUT2D eigenvalue weighted by Gasteiger charge is 2.37. The van der Waals surface area contributed by atoms with Gasteiger partial charge >= 0.3 is 12.0 Å². The molecular formula is C14H26N2O4. The molecule has 6 heteroatoms. The number of hydrogen-bond acceptors (Lipinski definition) is 3. The van der Waals surface area contributed by atoms with E-state index < -0.39 is 12.0 Å². The van der Waals surface area contributed by atoms with Gasteiger partial charge in [-0.15, -0.1) is 0 Å². The van der Waals surface area contributed by atoms with Crippen LogP contribution >= 0.6 is 0 Å². The quantitative estimate of drug-likeness (QED) is 0.723. The maximum Gasteiger partial charge on any atom is 0.326 e. The van der Waals surface area contributed by atoms with E-state index in [0.717, 1.165) is 32.1 Å². The van der Waals surface area contributed by atoms with Gasteiger partial charge in [-0.3, -0.25) is 0 Å². The maximum absolute atomic E-state index is 12.4. The summed E-state index contributed by atoms with van der Waals surface area (Å²) >= 11 is 0. The van der Waals surface area contributed by atoms with Gasteiger partial charge in [0, 0.05) is 26.7 Å². The maximum atomic E-state index is 12.4. The van der Waals surface area contributed by atoms with Gasteiger partial charge in [-0.2, -0.15) is 0 Å². The first-order chi connectivity index (χ1) is 9.49. The van der Waals surface area contributed by atoms with Crippen LogP contribution < -0.4 is 0 Å². The summed E-state index contributed by atoms with van der Waals surface area (Å²) in [6.07, 6.45) is 4.13. The first-order valence-corrected chi connectivity index (χ1v) is 7.34. The van der Waals surface area contributed by atoms with Gasteiger partial charge in [-0.25, -0.2) is 9.59 Å². The molecule has 6 nitrogen and oxygen atoms in total. The van der Waals surface area contributed by atoms with Crippen molar-refractivity contribution < 1.29 is 19.8 Å². The summed E-state index contributed by atoms with van der Waals surface area (Å²) < 4.78 is 0. The zero-order valence-corrected chi connectivity index (χ0v) is 12.4. The molecule has 116 valence electrons. The van der Waals surface area contributed by atoms with E-state index in [-0.39, 0.29) is 18.6 Å². The third-order valence-electron chi connectivity index (χ3n) is 3.91. The van der Waals surface area contributed by atoms with Crippen molar-refractivity contribution in [1.82, 2.24) is 9.80 Å². The predicted molar refractivity (Wildman–Crippen MR) is 75.5 cm³/mol. The van der Waals surface area contributed by atoms with Crippen molar-refractivity contribution in [3.63, 3.8) is 0 Å². The van der Waals surface area contributed by atoms with Crippen LogP contribution in [0.5, 0.6) is 0 Å². The second-order valence-corrected chi connectivity index (χ2v) is 5.58. The van der Waals surface area contributed by atoms with Gasteiger partial charge in [-0.1, -0.05) is 6.92 Å². The van der Waals surface area contributed by atoms with Crippen LogP contribution in [0.25, 0.3) is 0 Å². The Hall–Kier alpha value is -1.30. The average Bonchev–Trinajstić information content (AvgIpc) is 2.41. The minimum atomic E-state index is -0.917. The van der Waals surface area contributed by atoms with Crippen molar-refractivity contribution in [3.8, 4) is 0 Å². The number of carboxylic acid groups (broad SMARTS) is 1. The van der Waals surface area contributed by atoms with E-state index in [1.807, 2.05) is 6.92 Å². The van der Waals surface area contributed by atoms with E-state index >= 15 is 0 Å². The lowest BCUT2D eigenvalue weighted by Gasteiger charge is -2.39. The number of piperidine rings is 1. The highest BCUT2D eigenvalue weighted by atomic mass is 16.4. The fraction of sp³-hybridized carbons (Fsp3) is 0.857. The molecule has 1 heterocycles. The largest absolute Gasteiger partial charge is 0.480 e. The van der Waals surface area contributed by atoms with Gasteiger partial charge in [0.25, 0.3) is 0 Å². The molecule has 1 aliphatic heterocycles. The third kappa shape index (κ3) is 4.37. The molecule has 1 fully saturated rings. The number of carbonyl (C=O) groups excluding carboxylic acids is 1. The highest BCUT2D eigenvalue weighted by molar-refractivity contribution is 5.83. The first kappa shape index (κ1) is 16.8. The van der Waals surface area contributed by atoms with Crippen LogP contribution in [0.1, 0.15) is 39.0 Å². The Balaban J connectivity index is 2.56. The van der Waals surface area contributed by atoms with Gasteiger partial charge in [0.1, 0.15) is 6.04 Å². The monoisotopic (exact) mass is 286 g/mol. The van der Waals surface area contributed by atoms with Gasteiger partial charge in [0.2, 0.25) is 0 Å². The molecule has 0 radical (unpaired) electrons. The fourth-order valence-electron chi connectivity index (χ4n) is 2.73. The van der Waals surface area contributed by atoms with Gasteiger partial charge < -0.3 is 20.0 Å². The van der Waals surface area contributed by atoms with Gasteiger partial charge in [0.05, 0.1) is 0 Å². The number of aliphatic hydroxyl groups is 1. The van der Waals surface area contributed by atoms with E-state index in [1.54, 1.807) is 11.9 Å². The lowest BCUT2D eigenvalue weighted by molar-refractivity contribution is -0.145. The zero-order chi connectivity index (χ0) is 15.1. The lowest BCUT2D eigenvalue weighted by Crippen LogP contribution is -2.55. The normalized spacial score (nSPS) is 22.6. The predicted octanol–water partition coefficient (Wildman–Crippen LogP) is 1.39. The number of likely N-dealkylation sites (tertiary alicyclic amines) is 1. The summed E-state index contributed by atoms with van der Waals surface area (Å²) in [4.78, 5) is 26.8. The fourth-order valence-corrected chi connectivity index (χ4v) is 2.73. The summed E-state index contributed by atoms with van der Waals surface area (Å²) in [5.74, 6) is -0.924. The molecule has 2 unspecified atom stereocenters. The van der Waals surface area contributed by atoms with Gasteiger partial charge in [0.15, 0.2) is 0 Å². The molecule has 1 aliphatic rings. The molecule has 0 bridgehead atoms. The topological polar surface area (TPSA) is 81.1 Å². The molecule has 20 heavy (non-hydrogen) atoms. The minimum absolute atomic E-state index is 0.00649. The SMILES string of the molecule is CC1CCCN(C(=O)N(C)CCCCCO)C1C(=O)O. The Morgan fingerprint density at radius 2 is 2.00 bits per heavy atom. The lowest BCUT2D eigenvalue weighted by atomic mass is 9.91. The van der Waals surface area contributed by atoms with Crippen LogP contribution in [0.2, 0.25) is 0 Å². The molecule has 0 saturated carbocycles. The smallest absolute Gasteiger partial charge is 0.326 e. The van der Waals surface area contributed by atoms with Crippen LogP contribution in [0.4, 0.5) is 4.79 Å². The van der Waals surface area contributed by atoms with E-state index in [1.165, 1.54) is 4.90 Å². The van der Waals surface area contributed by atoms with Crippen LogP contribution in [-0.4, -0.2) is 64.8 Å². The molecule has 2 N–H and O–H groups in total. The number of urea groups is 1. The number of unbranched alkanes of at least 4 members (excludes halogenated alkanes) is 2. The Kier molecular flexibility index (Phi) is 6.78. The molecular weight excluding hydrogens is 260 g/mol. The second kappa shape index (κ2) is 8.09. The Morgan fingerprint density at radius 3 is 2.60 bits per heavy atom. The van der Waals surface area contributed by atoms with E-state index in [2.05, 4.69) is 0 Å². The summed E-state index contributed by atoms with van der Waals surface area (Å²) in [6, 6.07) is -0.913. The molecule has 2 amide bonds. The number of carbonyl (C=O) groups is 2. The van der Waals surface area contributed by atoms with Gasteiger partial charge in [-0.05, 0) is 38.0 Å². The average molecular weight is 286 g/mol. The van der Waals surface area contributed by atoms with E-state index in [4.69, 9.17) is 5.11 Å². The number of carboxylic acids is 1. The Labute approximate surface area is 120 Å². The van der Waals surface area contributed by atoms with Crippen molar-refractivity contribution >= 4 is 12.0 Å². The van der Waals surface area contributed by atoms with Crippen molar-refractivity contribution in [2.24, 2.45) is 5.92 Å². The summed E-state index contributed by atoms with van der Waals surface area (Å²) in [7, 11) is 1.71. The number of nitrogens with zero attached hydrogens (tertiary/aromatic N) is 2. The number of aliphatic hydroxyl groups excluding tert-OH is 1. The first-order valence-electron chi connectivity index (χ1n) is 7.34. The third-order valence-corrected chi connectivity index (χ3v) is 3.91.